The van der Waals surface area contributed by atoms with Crippen molar-refractivity contribution >= 4 is 11.8 Å². The molecule has 0 spiro atoms. The molecule has 1 aromatic carbocycles. The Morgan fingerprint density at radius 1 is 1.30 bits per heavy atom. The third-order valence-corrected chi connectivity index (χ3v) is 4.53. The predicted molar refractivity (Wildman–Crippen MR) is 94.7 cm³/mol. The second kappa shape index (κ2) is 6.27. The Bertz CT molecular complexity index is 775. The molecule has 0 saturated heterocycles. The second-order valence-corrected chi connectivity index (χ2v) is 5.89. The molecule has 23 heavy (non-hydrogen) atoms. The van der Waals surface area contributed by atoms with Crippen LogP contribution in [-0.4, -0.2) is 16.5 Å². The van der Waals surface area contributed by atoms with Crippen LogP contribution in [0.3, 0.4) is 0 Å². The van der Waals surface area contributed by atoms with Crippen LogP contribution in [0.25, 0.3) is 0 Å². The van der Waals surface area contributed by atoms with E-state index in [9.17, 15) is 0 Å². The molecule has 1 aromatic heterocycles. The van der Waals surface area contributed by atoms with E-state index in [1.807, 2.05) is 6.92 Å². The lowest BCUT2D eigenvalue weighted by atomic mass is 9.93. The lowest BCUT2D eigenvalue weighted by Crippen LogP contribution is -2.35. The van der Waals surface area contributed by atoms with Crippen LogP contribution in [0.5, 0.6) is 0 Å². The molecule has 0 saturated carbocycles. The van der Waals surface area contributed by atoms with E-state index < -0.39 is 0 Å². The Hall–Kier alpha value is -2.58. The molecule has 1 unspecified atom stereocenters. The van der Waals surface area contributed by atoms with Gasteiger partial charge < -0.3 is 10.2 Å². The first-order chi connectivity index (χ1) is 11.1. The van der Waals surface area contributed by atoms with E-state index >= 15 is 0 Å². The highest BCUT2D eigenvalue weighted by Crippen LogP contribution is 2.34. The summed E-state index contributed by atoms with van der Waals surface area (Å²) in [7, 11) is 0. The van der Waals surface area contributed by atoms with Crippen LogP contribution < -0.4 is 10.2 Å². The summed E-state index contributed by atoms with van der Waals surface area (Å²) >= 11 is 0. The molecule has 1 N–H and O–H groups in total. The van der Waals surface area contributed by atoms with Crippen LogP contribution in [0, 0.1) is 13.8 Å². The number of aromatic nitrogens is 2. The first-order valence-electron chi connectivity index (χ1n) is 7.92. The molecule has 2 aromatic rings. The van der Waals surface area contributed by atoms with Crippen molar-refractivity contribution in [3.05, 3.63) is 65.2 Å². The molecule has 1 aliphatic rings. The highest BCUT2D eigenvalue weighted by molar-refractivity contribution is 5.55. The lowest BCUT2D eigenvalue weighted by molar-refractivity contribution is 0.614. The van der Waals surface area contributed by atoms with Gasteiger partial charge >= 0.3 is 0 Å². The van der Waals surface area contributed by atoms with Crippen LogP contribution in [-0.2, 0) is 6.42 Å². The molecule has 0 amide bonds. The summed E-state index contributed by atoms with van der Waals surface area (Å²) in [6, 6.07) is 8.97. The maximum atomic E-state index is 4.72. The summed E-state index contributed by atoms with van der Waals surface area (Å²) in [4.78, 5) is 11.6. The van der Waals surface area contributed by atoms with Gasteiger partial charge in [-0.2, -0.15) is 4.98 Å². The number of benzene rings is 1. The average molecular weight is 306 g/mol. The minimum Gasteiger partial charge on any atom is -0.349 e. The maximum Gasteiger partial charge on any atom is 0.229 e. The average Bonchev–Trinajstić information content (AvgIpc) is 2.57. The number of nitrogens with zero attached hydrogens (tertiary/aromatic N) is 3. The molecule has 0 aliphatic carbocycles. The highest BCUT2D eigenvalue weighted by Gasteiger charge is 2.26. The number of aryl methyl sites for hydroxylation is 1. The molecule has 0 bridgehead atoms. The van der Waals surface area contributed by atoms with Gasteiger partial charge in [0.05, 0.1) is 6.04 Å². The van der Waals surface area contributed by atoms with E-state index in [-0.39, 0.29) is 0 Å². The molecular formula is C19H22N4. The third-order valence-electron chi connectivity index (χ3n) is 4.53. The zero-order chi connectivity index (χ0) is 16.4. The fraction of sp³-hybridized carbons (Fsp3) is 0.316. The van der Waals surface area contributed by atoms with Crippen molar-refractivity contribution in [1.29, 1.82) is 0 Å². The molecule has 118 valence electrons. The summed E-state index contributed by atoms with van der Waals surface area (Å²) in [5, 5.41) is 3.03. The van der Waals surface area contributed by atoms with Crippen molar-refractivity contribution in [2.24, 2.45) is 0 Å². The van der Waals surface area contributed by atoms with Crippen molar-refractivity contribution in [1.82, 2.24) is 9.97 Å². The Balaban J connectivity index is 2.01. The van der Waals surface area contributed by atoms with Crippen molar-refractivity contribution in [3.63, 3.8) is 0 Å². The Morgan fingerprint density at radius 2 is 2.09 bits per heavy atom. The summed E-state index contributed by atoms with van der Waals surface area (Å²) in [6.07, 6.45) is 2.67. The number of rotatable bonds is 3. The Morgan fingerprint density at radius 3 is 2.87 bits per heavy atom. The summed E-state index contributed by atoms with van der Waals surface area (Å²) in [6.45, 7) is 10.9. The van der Waals surface area contributed by atoms with Crippen molar-refractivity contribution < 1.29 is 0 Å². The maximum absolute atomic E-state index is 4.72. The summed E-state index contributed by atoms with van der Waals surface area (Å²) in [5.41, 5.74) is 7.63. The molecule has 4 nitrogen and oxygen atoms in total. The normalized spacial score (nSPS) is 16.5. The largest absolute Gasteiger partial charge is 0.349 e. The molecule has 0 fully saturated rings. The van der Waals surface area contributed by atoms with Gasteiger partial charge in [0.15, 0.2) is 0 Å². The smallest absolute Gasteiger partial charge is 0.229 e. The fourth-order valence-electron chi connectivity index (χ4n) is 3.13. The molecule has 1 aliphatic heterocycles. The minimum atomic E-state index is 0.302. The quantitative estimate of drug-likeness (QED) is 0.872. The van der Waals surface area contributed by atoms with Crippen molar-refractivity contribution in [3.8, 4) is 0 Å². The van der Waals surface area contributed by atoms with Crippen molar-refractivity contribution in [2.45, 2.75) is 33.2 Å². The van der Waals surface area contributed by atoms with Gasteiger partial charge in [-0.15, -0.1) is 5.73 Å². The molecule has 1 atom stereocenters. The molecular weight excluding hydrogens is 284 g/mol. The number of nitrogens with one attached hydrogen (secondary N) is 1. The van der Waals surface area contributed by atoms with E-state index in [1.54, 1.807) is 6.20 Å². The molecule has 0 radical (unpaired) electrons. The van der Waals surface area contributed by atoms with Gasteiger partial charge in [0.1, 0.15) is 5.82 Å². The molecule has 2 heterocycles. The van der Waals surface area contributed by atoms with Gasteiger partial charge in [0.25, 0.3) is 0 Å². The topological polar surface area (TPSA) is 41.1 Å². The van der Waals surface area contributed by atoms with Crippen molar-refractivity contribution in [2.75, 3.05) is 16.8 Å². The van der Waals surface area contributed by atoms with Gasteiger partial charge in [0.2, 0.25) is 5.95 Å². The van der Waals surface area contributed by atoms with E-state index in [2.05, 4.69) is 65.6 Å². The zero-order valence-electron chi connectivity index (χ0n) is 13.9. The first kappa shape index (κ1) is 15.3. The number of hydrogen-bond donors (Lipinski definition) is 1. The highest BCUT2D eigenvalue weighted by atomic mass is 15.2. The number of fused-ring (bicyclic) bond motifs is 1. The second-order valence-electron chi connectivity index (χ2n) is 5.89. The SMILES string of the molecule is C=C=CNc1nc(C)c(C)c(N2CCc3ccccc3C2C)n1. The van der Waals surface area contributed by atoms with E-state index in [0.717, 1.165) is 30.0 Å². The van der Waals surface area contributed by atoms with Crippen LogP contribution >= 0.6 is 0 Å². The van der Waals surface area contributed by atoms with Gasteiger partial charge in [-0.3, -0.25) is 0 Å². The fourth-order valence-corrected chi connectivity index (χ4v) is 3.13. The summed E-state index contributed by atoms with van der Waals surface area (Å²) < 4.78 is 0. The van der Waals surface area contributed by atoms with Crippen LogP contribution in [0.15, 0.2) is 42.8 Å². The monoisotopic (exact) mass is 306 g/mol. The molecule has 3 rings (SSSR count). The number of anilines is 2. The standard InChI is InChI=1S/C19H22N4/c1-5-11-20-19-21-14(3)13(2)18(22-19)23-12-10-16-8-6-7-9-17(16)15(23)4/h6-9,11,15H,1,10,12H2,2-4H3,(H,20,21,22). The predicted octanol–water partition coefficient (Wildman–Crippen LogP) is 3.93. The third kappa shape index (κ3) is 2.86. The van der Waals surface area contributed by atoms with Gasteiger partial charge in [-0.25, -0.2) is 4.98 Å². The van der Waals surface area contributed by atoms with E-state index in [0.29, 0.717) is 12.0 Å². The van der Waals surface area contributed by atoms with Gasteiger partial charge in [-0.05, 0) is 38.3 Å². The van der Waals surface area contributed by atoms with Gasteiger partial charge in [0, 0.05) is 24.0 Å². The first-order valence-corrected chi connectivity index (χ1v) is 7.92. The molecule has 4 heteroatoms. The van der Waals surface area contributed by atoms with E-state index in [4.69, 9.17) is 4.98 Å². The zero-order valence-corrected chi connectivity index (χ0v) is 13.9. The lowest BCUT2D eigenvalue weighted by Gasteiger charge is -2.37. The van der Waals surface area contributed by atoms with Gasteiger partial charge in [-0.1, -0.05) is 30.8 Å². The Kier molecular flexibility index (Phi) is 4.18. The van der Waals surface area contributed by atoms with Crippen LogP contribution in [0.4, 0.5) is 11.8 Å². The van der Waals surface area contributed by atoms with Crippen LogP contribution in [0.2, 0.25) is 0 Å². The number of hydrogen-bond acceptors (Lipinski definition) is 4. The Labute approximate surface area is 137 Å². The minimum absolute atomic E-state index is 0.302. The van der Waals surface area contributed by atoms with Crippen LogP contribution in [0.1, 0.15) is 35.3 Å². The summed E-state index contributed by atoms with van der Waals surface area (Å²) in [5.74, 6) is 1.59. The van der Waals surface area contributed by atoms with E-state index in [1.165, 1.54) is 11.1 Å².